The number of rotatable bonds is 38. The van der Waals surface area contributed by atoms with Gasteiger partial charge in [-0.05, 0) is 140 Å². The Morgan fingerprint density at radius 3 is 2.10 bits per heavy atom. The summed E-state index contributed by atoms with van der Waals surface area (Å²) in [5.41, 5.74) is 13.8. The predicted octanol–water partition coefficient (Wildman–Crippen LogP) is 3.79. The summed E-state index contributed by atoms with van der Waals surface area (Å²) in [5, 5.41) is 68.8. The average Bonchev–Trinajstić information content (AvgIpc) is 1.57. The number of benzene rings is 4. The number of nitrogens with zero attached hydrogens (tertiary/aromatic N) is 2. The van der Waals surface area contributed by atoms with Gasteiger partial charge in [-0.2, -0.15) is 0 Å². The number of halogens is 1. The first-order valence-electron chi connectivity index (χ1n) is 41.5. The molecule has 11 amide bonds. The van der Waals surface area contributed by atoms with E-state index in [2.05, 4.69) is 52.8 Å². The summed E-state index contributed by atoms with van der Waals surface area (Å²) in [6, 6.07) is 11.9. The summed E-state index contributed by atoms with van der Waals surface area (Å²) in [6.45, 7) is 12.9. The fraction of sp³-hybridized carbons (Fsp3) is 0.535. The zero-order chi connectivity index (χ0) is 92.4. The number of hydrogen-bond donors (Lipinski definition) is 16. The Hall–Kier alpha value is -9.39. The molecule has 18 N–H and O–H groups in total. The number of anilines is 1. The Morgan fingerprint density at radius 1 is 0.778 bits per heavy atom. The van der Waals surface area contributed by atoms with Gasteiger partial charge in [-0.3, -0.25) is 53.3 Å². The van der Waals surface area contributed by atoms with Crippen molar-refractivity contribution in [2.24, 2.45) is 17.4 Å². The van der Waals surface area contributed by atoms with Crippen molar-refractivity contribution in [1.82, 2.24) is 57.7 Å². The molecule has 4 aromatic carbocycles. The molecular weight excluding hydrogens is 1730 g/mol. The number of phenolic OH excluding ortho intramolecular Hbond substituents is 1. The number of aliphatic hydroxyl groups excluding tert-OH is 2. The lowest BCUT2D eigenvalue weighted by molar-refractivity contribution is -0.162. The molecule has 0 saturated carbocycles. The number of methoxy groups -OCH3 is 2. The third-order valence-corrected chi connectivity index (χ3v) is 27.7. The maximum absolute atomic E-state index is 15.1. The highest BCUT2D eigenvalue weighted by Crippen LogP contribution is 2.49. The van der Waals surface area contributed by atoms with Crippen LogP contribution in [0.15, 0.2) is 109 Å². The molecule has 1 unspecified atom stereocenters. The van der Waals surface area contributed by atoms with Gasteiger partial charge in [0.25, 0.3) is 0 Å². The second kappa shape index (κ2) is 48.1. The molecule has 18 atom stereocenters. The van der Waals surface area contributed by atoms with Crippen LogP contribution in [-0.2, 0) is 97.4 Å². The van der Waals surface area contributed by atoms with Crippen molar-refractivity contribution >= 4 is 143 Å². The number of cyclic esters (lactones) is 1. The number of aromatic nitrogens is 1. The van der Waals surface area contributed by atoms with Gasteiger partial charge in [-0.1, -0.05) is 134 Å². The van der Waals surface area contributed by atoms with E-state index in [-0.39, 0.29) is 91.8 Å². The van der Waals surface area contributed by atoms with Crippen LogP contribution in [0.5, 0.6) is 11.5 Å². The number of para-hydroxylation sites is 1. The summed E-state index contributed by atoms with van der Waals surface area (Å²) in [5.74, 6) is -9.89. The third-order valence-electron chi connectivity index (χ3n) is 22.5. The number of aliphatic hydroxyl groups is 3. The van der Waals surface area contributed by atoms with Crippen molar-refractivity contribution in [3.05, 3.63) is 136 Å². The van der Waals surface area contributed by atoms with Crippen LogP contribution in [0.25, 0.3) is 10.9 Å². The normalized spacial score (nSPS) is 23.6. The molecule has 0 spiro atoms. The summed E-state index contributed by atoms with van der Waals surface area (Å²) < 4.78 is 29.2. The molecule has 3 aliphatic rings. The van der Waals surface area contributed by atoms with Crippen LogP contribution in [0.4, 0.5) is 10.5 Å². The number of alkyl carbamates (subject to hydrolysis) is 1. The molecule has 4 heterocycles. The van der Waals surface area contributed by atoms with E-state index >= 15 is 4.79 Å². The fourth-order valence-electron chi connectivity index (χ4n) is 14.3. The number of fused-ring (bicyclic) bond motifs is 1. The highest BCUT2D eigenvalue weighted by Gasteiger charge is 2.65. The molecule has 690 valence electrons. The van der Waals surface area contributed by atoms with Crippen LogP contribution in [0.3, 0.4) is 0 Å². The highest BCUT2D eigenvalue weighted by atomic mass is 35.5. The van der Waals surface area contributed by atoms with Gasteiger partial charge in [-0.25, -0.2) is 9.59 Å². The zero-order valence-electron chi connectivity index (χ0n) is 72.7. The smallest absolute Gasteiger partial charge is 0.409 e. The average molecular weight is 1850 g/mol. The Balaban J connectivity index is 0.947. The van der Waals surface area contributed by atoms with Crippen LogP contribution in [0.2, 0.25) is 5.02 Å². The number of likely N-dealkylation sites (N-methyl/N-ethyl adjacent to an activating group) is 1. The SMILES string of the molecule is C/C=C(\C)Cc1cc(OC)c(Cl)c(N(C)C(=O)C[C@H](OC(=O)[C@H](C)N(C)C(=O)CCSSCCNC(=O)[C@@H](NC(=O)[C@@H]2CSSC[C@H](NC(=O)[C@H](N)Cc3ccccc3)C(=O)N[C@@H](Cc3ccc(O)cc3)C(=O)N[C@H](Cc3c[nH]c4ccccc34)C(=O)NC(CCCCN)C(=O)N[C@@H]([C@@H](C)O)C(=O)N2)[C@@H](C)O)[C@]2(C)O[C@H]2[C@H](C)[C@@H]2C[C@](O)([C@@H](C)OC)NC(=O)O2)c1. The first-order valence-corrected chi connectivity index (χ1v) is 46.9. The van der Waals surface area contributed by atoms with E-state index in [1.54, 1.807) is 87.6 Å². The number of phenols is 1. The lowest BCUT2D eigenvalue weighted by Gasteiger charge is -2.41. The summed E-state index contributed by atoms with van der Waals surface area (Å²) >= 11 is 6.85. The second-order valence-electron chi connectivity index (χ2n) is 31.9. The van der Waals surface area contributed by atoms with Gasteiger partial charge in [0.2, 0.25) is 59.1 Å². The third kappa shape index (κ3) is 28.6. The molecule has 5 aromatic rings. The monoisotopic (exact) mass is 1850 g/mol. The second-order valence-corrected chi connectivity index (χ2v) is 37.5. The van der Waals surface area contributed by atoms with Crippen LogP contribution in [0.1, 0.15) is 116 Å². The maximum Gasteiger partial charge on any atom is 0.409 e. The van der Waals surface area contributed by atoms with Gasteiger partial charge in [0.1, 0.15) is 88.8 Å². The Morgan fingerprint density at radius 2 is 1.43 bits per heavy atom. The molecule has 0 bridgehead atoms. The van der Waals surface area contributed by atoms with E-state index in [1.165, 1.54) is 105 Å². The molecule has 126 heavy (non-hydrogen) atoms. The summed E-state index contributed by atoms with van der Waals surface area (Å²) in [4.78, 5) is 179. The topological polar surface area (TPSA) is 518 Å². The number of H-pyrrole nitrogens is 1. The number of ether oxygens (including phenoxy) is 5. The van der Waals surface area contributed by atoms with E-state index in [0.717, 1.165) is 32.7 Å². The van der Waals surface area contributed by atoms with E-state index < -0.39 is 186 Å². The largest absolute Gasteiger partial charge is 0.508 e. The van der Waals surface area contributed by atoms with E-state index in [0.29, 0.717) is 51.9 Å². The minimum Gasteiger partial charge on any atom is -0.508 e. The highest BCUT2D eigenvalue weighted by molar-refractivity contribution is 8.77. The minimum absolute atomic E-state index is 0.0400. The van der Waals surface area contributed by atoms with Crippen molar-refractivity contribution in [3.63, 3.8) is 0 Å². The molecule has 3 fully saturated rings. The number of nitrogens with one attached hydrogen (secondary N) is 10. The molecule has 3 aliphatic heterocycles. The summed E-state index contributed by atoms with van der Waals surface area (Å²) in [7, 11) is 10.2. The van der Waals surface area contributed by atoms with Gasteiger partial charge < -0.3 is 113 Å². The minimum atomic E-state index is -1.82. The number of esters is 1. The first-order chi connectivity index (χ1) is 59.8. The number of allylic oxidation sites excluding steroid dienone is 2. The molecule has 3 saturated heterocycles. The van der Waals surface area contributed by atoms with Gasteiger partial charge in [-0.15, -0.1) is 0 Å². The number of amides is 11. The maximum atomic E-state index is 15.1. The predicted molar refractivity (Wildman–Crippen MR) is 482 cm³/mol. The van der Waals surface area contributed by atoms with E-state index in [4.69, 9.17) is 46.8 Å². The Bertz CT molecular complexity index is 4640. The molecule has 35 nitrogen and oxygen atoms in total. The number of aromatic amines is 1. The molecule has 1 aromatic heterocycles. The van der Waals surface area contributed by atoms with E-state index in [1.807, 2.05) is 26.0 Å². The summed E-state index contributed by atoms with van der Waals surface area (Å²) in [6.07, 6.45) is -4.27. The number of aromatic hydroxyl groups is 1. The lowest BCUT2D eigenvalue weighted by atomic mass is 9.84. The molecular formula is C86H119ClN14O21S4. The number of hydrogen-bond acceptors (Lipinski definition) is 27. The standard InChI is InChI=1S/C86H119ClN14O21S4/c1-13-46(2)35-54-38-65(71(87)66(39-54)119-12)101(10)70(106)41-68(85(8)74(122-85)47(3)67-42-86(117,51(7)118-11)99-84(116)120-67)121-83(115)48(4)100(9)69(105)30-33-123-124-34-32-90-81(113)72(49(5)102)97-80(112)64-45-126-125-44-63(95-75(107)58(89)36-52-21-15-14-16-22-52)79(111)93-61(37-53-26-28-56(104)29-27-53)77(109)94-62(40-55-43-91-59-24-18-17-23-57(55)59)78(110)92-60(25-19-20-31-88)76(108)98-73(50(6)103)82(114)96-64/h13-18,21-24,26-29,38-39,43,47-51,58,60-64,67-68,72-74,91,102-104,117H,19-20,25,30-37,40-42,44-45,88-89H2,1-12H3,(H,90,113)(H,92,110)(H,93,111)(H,94,109)(H,95,107)(H,96,114)(H,97,112)(H,98,108)(H,99,116)/b46-13+/t47-,48+,49-,50-,51-,58-,60?,61+,62-,63+,64+,67+,68+,72+,73+,74+,85+,86+/m1/s1. The van der Waals surface area contributed by atoms with Crippen LogP contribution >= 0.6 is 54.8 Å². The molecule has 0 radical (unpaired) electrons. The number of nitrogens with two attached hydrogens (primary N) is 2. The number of carbonyl (C=O) groups excluding carboxylic acids is 12. The van der Waals surface area contributed by atoms with Crippen molar-refractivity contribution in [1.29, 1.82) is 0 Å². The first kappa shape index (κ1) is 102. The lowest BCUT2D eigenvalue weighted by Crippen LogP contribution is -2.63. The van der Waals surface area contributed by atoms with Gasteiger partial charge in [0.15, 0.2) is 5.72 Å². The Kier molecular flexibility index (Phi) is 39.0. The Labute approximate surface area is 753 Å². The fourth-order valence-corrected chi connectivity index (χ4v) is 18.9. The molecule has 40 heteroatoms. The van der Waals surface area contributed by atoms with Crippen molar-refractivity contribution in [2.75, 3.05) is 69.3 Å². The van der Waals surface area contributed by atoms with Crippen LogP contribution in [0, 0.1) is 5.92 Å². The van der Waals surface area contributed by atoms with Crippen LogP contribution in [-0.4, -0.2) is 268 Å². The number of epoxide rings is 1. The molecule has 0 aliphatic carbocycles. The quantitative estimate of drug-likeness (QED) is 0.00878. The van der Waals surface area contributed by atoms with Crippen LogP contribution < -0.4 is 69.0 Å². The van der Waals surface area contributed by atoms with Crippen molar-refractivity contribution in [2.45, 2.75) is 222 Å². The molecule has 8 rings (SSSR count). The van der Waals surface area contributed by atoms with E-state index in [9.17, 15) is 73.2 Å². The number of carbonyl (C=O) groups is 12. The number of unbranched alkanes of at least 4 members (excludes halogenated alkanes) is 1. The zero-order valence-corrected chi connectivity index (χ0v) is 76.7. The van der Waals surface area contributed by atoms with Gasteiger partial charge in [0.05, 0.1) is 43.6 Å². The van der Waals surface area contributed by atoms with Crippen molar-refractivity contribution in [3.8, 4) is 11.5 Å². The van der Waals surface area contributed by atoms with Crippen molar-refractivity contribution < 1.29 is 102 Å². The van der Waals surface area contributed by atoms with Gasteiger partial charge >= 0.3 is 12.1 Å². The van der Waals surface area contributed by atoms with Gasteiger partial charge in [0, 0.05) is 99.5 Å².